The molecule has 1 heterocycles. The molecule has 0 aliphatic rings. The van der Waals surface area contributed by atoms with Crippen molar-refractivity contribution in [2.75, 3.05) is 27.2 Å². The van der Waals surface area contributed by atoms with E-state index in [-0.39, 0.29) is 5.91 Å². The van der Waals surface area contributed by atoms with Crippen LogP contribution in [0.1, 0.15) is 32.7 Å². The molecule has 5 heteroatoms. The Labute approximate surface area is 172 Å². The van der Waals surface area contributed by atoms with Crippen LogP contribution in [0.25, 0.3) is 10.9 Å². The van der Waals surface area contributed by atoms with Crippen LogP contribution in [0, 0.1) is 25.2 Å². The number of aromatic nitrogens is 1. The minimum atomic E-state index is -0.0235. The number of likely N-dealkylation sites (N-methyl/N-ethyl adjacent to an activating group) is 1. The number of aryl methyl sites for hydroxylation is 2. The molecule has 5 nitrogen and oxygen atoms in total. The van der Waals surface area contributed by atoms with Crippen molar-refractivity contribution in [3.8, 4) is 6.07 Å². The molecule has 29 heavy (non-hydrogen) atoms. The molecule has 148 valence electrons. The van der Waals surface area contributed by atoms with Gasteiger partial charge in [0.25, 0.3) is 5.91 Å². The van der Waals surface area contributed by atoms with Gasteiger partial charge in [0.1, 0.15) is 0 Å². The fourth-order valence-electron chi connectivity index (χ4n) is 3.26. The lowest BCUT2D eigenvalue weighted by molar-refractivity contribution is 0.0731. The highest BCUT2D eigenvalue weighted by atomic mass is 16.2. The van der Waals surface area contributed by atoms with E-state index in [9.17, 15) is 4.79 Å². The second kappa shape index (κ2) is 8.85. The number of carbonyl (C=O) groups is 1. The fourth-order valence-corrected chi connectivity index (χ4v) is 3.26. The van der Waals surface area contributed by atoms with E-state index in [4.69, 9.17) is 5.26 Å². The first-order valence-electron chi connectivity index (χ1n) is 9.68. The number of benzene rings is 2. The number of nitrogens with zero attached hydrogens (tertiary/aromatic N) is 4. The predicted molar refractivity (Wildman–Crippen MR) is 116 cm³/mol. The summed E-state index contributed by atoms with van der Waals surface area (Å²) in [5.41, 5.74) is 5.03. The molecule has 0 atom stereocenters. The maximum atomic E-state index is 13.4. The van der Waals surface area contributed by atoms with E-state index in [2.05, 4.69) is 22.0 Å². The molecule has 1 aromatic heterocycles. The Balaban J connectivity index is 1.93. The van der Waals surface area contributed by atoms with Gasteiger partial charge >= 0.3 is 0 Å². The summed E-state index contributed by atoms with van der Waals surface area (Å²) < 4.78 is 0. The summed E-state index contributed by atoms with van der Waals surface area (Å²) in [5, 5.41) is 9.98. The first kappa shape index (κ1) is 20.5. The summed E-state index contributed by atoms with van der Waals surface area (Å²) in [5.74, 6) is -0.0235. The number of carbonyl (C=O) groups excluding carboxylic acids is 1. The van der Waals surface area contributed by atoms with Crippen LogP contribution in [0.3, 0.4) is 0 Å². The second-order valence-electron chi connectivity index (χ2n) is 7.66. The van der Waals surface area contributed by atoms with E-state index in [1.165, 1.54) is 0 Å². The first-order valence-corrected chi connectivity index (χ1v) is 9.68. The maximum Gasteiger partial charge on any atom is 0.256 e. The van der Waals surface area contributed by atoms with Crippen LogP contribution in [0.5, 0.6) is 0 Å². The molecule has 0 bridgehead atoms. The van der Waals surface area contributed by atoms with Crippen LogP contribution >= 0.6 is 0 Å². The summed E-state index contributed by atoms with van der Waals surface area (Å²) in [6.45, 7) is 5.79. The summed E-state index contributed by atoms with van der Waals surface area (Å²) >= 11 is 0. The van der Waals surface area contributed by atoms with E-state index in [0.717, 1.165) is 34.3 Å². The molecular weight excluding hydrogens is 360 g/mol. The first-order chi connectivity index (χ1) is 13.9. The summed E-state index contributed by atoms with van der Waals surface area (Å²) in [4.78, 5) is 22.0. The van der Waals surface area contributed by atoms with Crippen molar-refractivity contribution in [1.29, 1.82) is 5.26 Å². The van der Waals surface area contributed by atoms with E-state index < -0.39 is 0 Å². The quantitative estimate of drug-likeness (QED) is 0.644. The normalized spacial score (nSPS) is 10.9. The molecule has 0 fully saturated rings. The van der Waals surface area contributed by atoms with Crippen LogP contribution in [-0.2, 0) is 6.54 Å². The van der Waals surface area contributed by atoms with Crippen molar-refractivity contribution < 1.29 is 4.79 Å². The van der Waals surface area contributed by atoms with Crippen LogP contribution < -0.4 is 0 Å². The standard InChI is InChI=1S/C24H26N4O/c1-17-5-10-23-21(13-17)14-22(18(2)26-23)24(29)28(12-11-27(3)4)16-20-8-6-19(15-25)7-9-20/h5-10,13-14H,11-12,16H2,1-4H3. The lowest BCUT2D eigenvalue weighted by Gasteiger charge is -2.25. The molecular formula is C24H26N4O. The predicted octanol–water partition coefficient (Wildman–Crippen LogP) is 3.93. The smallest absolute Gasteiger partial charge is 0.256 e. The molecule has 0 N–H and O–H groups in total. The summed E-state index contributed by atoms with van der Waals surface area (Å²) in [6, 6.07) is 17.6. The molecule has 0 unspecified atom stereocenters. The molecule has 2 aromatic carbocycles. The topological polar surface area (TPSA) is 60.2 Å². The molecule has 0 saturated carbocycles. The Morgan fingerprint density at radius 2 is 1.76 bits per heavy atom. The Bertz CT molecular complexity index is 1060. The molecule has 0 aliphatic carbocycles. The van der Waals surface area contributed by atoms with Crippen molar-refractivity contribution in [2.24, 2.45) is 0 Å². The number of hydrogen-bond donors (Lipinski definition) is 0. The fraction of sp³-hybridized carbons (Fsp3) is 0.292. The van der Waals surface area contributed by atoms with Crippen LogP contribution in [0.2, 0.25) is 0 Å². The van der Waals surface area contributed by atoms with Gasteiger partial charge in [0.05, 0.1) is 28.4 Å². The Morgan fingerprint density at radius 1 is 1.03 bits per heavy atom. The van der Waals surface area contributed by atoms with Gasteiger partial charge in [-0.2, -0.15) is 5.26 Å². The Kier molecular flexibility index (Phi) is 6.26. The molecule has 3 aromatic rings. The Hall–Kier alpha value is -3.23. The third kappa shape index (κ3) is 4.98. The maximum absolute atomic E-state index is 13.4. The molecule has 1 amide bonds. The van der Waals surface area contributed by atoms with Gasteiger partial charge in [-0.1, -0.05) is 23.8 Å². The van der Waals surface area contributed by atoms with Crippen LogP contribution in [-0.4, -0.2) is 47.9 Å². The van der Waals surface area contributed by atoms with Crippen molar-refractivity contribution >= 4 is 16.8 Å². The van der Waals surface area contributed by atoms with Crippen LogP contribution in [0.15, 0.2) is 48.5 Å². The van der Waals surface area contributed by atoms with Crippen molar-refractivity contribution in [1.82, 2.24) is 14.8 Å². The van der Waals surface area contributed by atoms with Gasteiger partial charge in [0.15, 0.2) is 0 Å². The van der Waals surface area contributed by atoms with Gasteiger partial charge in [0, 0.05) is 25.0 Å². The number of nitriles is 1. The Morgan fingerprint density at radius 3 is 2.41 bits per heavy atom. The van der Waals surface area contributed by atoms with Gasteiger partial charge in [0.2, 0.25) is 0 Å². The van der Waals surface area contributed by atoms with E-state index >= 15 is 0 Å². The van der Waals surface area contributed by atoms with E-state index in [1.807, 2.05) is 63.2 Å². The largest absolute Gasteiger partial charge is 0.333 e. The third-order valence-corrected chi connectivity index (χ3v) is 4.95. The highest BCUT2D eigenvalue weighted by Gasteiger charge is 2.20. The monoisotopic (exact) mass is 386 g/mol. The van der Waals surface area contributed by atoms with Gasteiger partial charge in [-0.3, -0.25) is 9.78 Å². The van der Waals surface area contributed by atoms with E-state index in [1.54, 1.807) is 12.1 Å². The highest BCUT2D eigenvalue weighted by molar-refractivity contribution is 5.98. The zero-order valence-corrected chi connectivity index (χ0v) is 17.4. The molecule has 3 rings (SSSR count). The zero-order valence-electron chi connectivity index (χ0n) is 17.4. The van der Waals surface area contributed by atoms with Crippen molar-refractivity contribution in [2.45, 2.75) is 20.4 Å². The summed E-state index contributed by atoms with van der Waals surface area (Å²) in [6.07, 6.45) is 0. The molecule has 0 radical (unpaired) electrons. The number of fused-ring (bicyclic) bond motifs is 1. The van der Waals surface area contributed by atoms with Gasteiger partial charge in [-0.15, -0.1) is 0 Å². The zero-order chi connectivity index (χ0) is 21.0. The molecule has 0 saturated heterocycles. The highest BCUT2D eigenvalue weighted by Crippen LogP contribution is 2.20. The molecule has 0 aliphatic heterocycles. The van der Waals surface area contributed by atoms with Gasteiger partial charge in [-0.05, 0) is 63.8 Å². The third-order valence-electron chi connectivity index (χ3n) is 4.95. The van der Waals surface area contributed by atoms with Crippen molar-refractivity contribution in [3.63, 3.8) is 0 Å². The minimum absolute atomic E-state index is 0.0235. The number of pyridine rings is 1. The van der Waals surface area contributed by atoms with E-state index in [0.29, 0.717) is 24.2 Å². The average Bonchev–Trinajstić information content (AvgIpc) is 2.70. The van der Waals surface area contributed by atoms with Crippen LogP contribution in [0.4, 0.5) is 0 Å². The molecule has 0 spiro atoms. The number of rotatable bonds is 6. The SMILES string of the molecule is Cc1ccc2nc(C)c(C(=O)N(CCN(C)C)Cc3ccc(C#N)cc3)cc2c1. The van der Waals surface area contributed by atoms with Gasteiger partial charge < -0.3 is 9.80 Å². The minimum Gasteiger partial charge on any atom is -0.333 e. The lowest BCUT2D eigenvalue weighted by atomic mass is 10.1. The number of amides is 1. The average molecular weight is 386 g/mol. The van der Waals surface area contributed by atoms with Crippen molar-refractivity contribution in [3.05, 3.63) is 76.5 Å². The lowest BCUT2D eigenvalue weighted by Crippen LogP contribution is -2.36. The second-order valence-corrected chi connectivity index (χ2v) is 7.66. The number of hydrogen-bond acceptors (Lipinski definition) is 4. The summed E-state index contributed by atoms with van der Waals surface area (Å²) in [7, 11) is 3.99. The van der Waals surface area contributed by atoms with Gasteiger partial charge in [-0.25, -0.2) is 0 Å².